The van der Waals surface area contributed by atoms with Crippen LogP contribution in [0.2, 0.25) is 0 Å². The molecule has 1 aromatic carbocycles. The van der Waals surface area contributed by atoms with Gasteiger partial charge in [0.05, 0.1) is 4.90 Å². The lowest BCUT2D eigenvalue weighted by Crippen LogP contribution is -2.26. The van der Waals surface area contributed by atoms with Crippen LogP contribution in [0.5, 0.6) is 0 Å². The fraction of sp³-hybridized carbons (Fsp3) is 0.500. The highest BCUT2D eigenvalue weighted by Crippen LogP contribution is 2.28. The van der Waals surface area contributed by atoms with E-state index in [1.54, 1.807) is 19.1 Å². The van der Waals surface area contributed by atoms with Crippen LogP contribution in [-0.2, 0) is 15.4 Å². The normalized spacial score (nSPS) is 12.8. The van der Waals surface area contributed by atoms with Crippen molar-refractivity contribution < 1.29 is 8.42 Å². The van der Waals surface area contributed by atoms with Gasteiger partial charge in [0.2, 0.25) is 10.0 Å². The molecule has 0 atom stereocenters. The van der Waals surface area contributed by atoms with Crippen molar-refractivity contribution in [1.82, 2.24) is 4.72 Å². The van der Waals surface area contributed by atoms with Gasteiger partial charge in [-0.2, -0.15) is 0 Å². The van der Waals surface area contributed by atoms with Crippen molar-refractivity contribution in [3.05, 3.63) is 29.8 Å². The molecule has 4 heteroatoms. The molecule has 3 nitrogen and oxygen atoms in total. The zero-order valence-corrected chi connectivity index (χ0v) is 11.1. The second-order valence-electron chi connectivity index (χ2n) is 4.75. The summed E-state index contributed by atoms with van der Waals surface area (Å²) in [4.78, 5) is 0.379. The molecule has 1 aromatic rings. The van der Waals surface area contributed by atoms with Crippen LogP contribution in [0.15, 0.2) is 29.2 Å². The largest absolute Gasteiger partial charge is 0.240 e. The molecule has 0 heterocycles. The van der Waals surface area contributed by atoms with Gasteiger partial charge in [0.25, 0.3) is 0 Å². The predicted molar refractivity (Wildman–Crippen MR) is 66.0 cm³/mol. The van der Waals surface area contributed by atoms with E-state index >= 15 is 0 Å². The first kappa shape index (κ1) is 13.2. The first-order valence-electron chi connectivity index (χ1n) is 5.38. The van der Waals surface area contributed by atoms with Crippen LogP contribution < -0.4 is 4.72 Å². The Balaban J connectivity index is 3.35. The Morgan fingerprint density at radius 1 is 1.19 bits per heavy atom. The summed E-state index contributed by atoms with van der Waals surface area (Å²) in [6, 6.07) is 7.13. The molecule has 0 aliphatic heterocycles. The third kappa shape index (κ3) is 2.83. The molecule has 0 bridgehead atoms. The number of rotatable bonds is 3. The van der Waals surface area contributed by atoms with Gasteiger partial charge >= 0.3 is 0 Å². The molecule has 16 heavy (non-hydrogen) atoms. The first-order chi connectivity index (χ1) is 7.29. The Morgan fingerprint density at radius 2 is 1.75 bits per heavy atom. The van der Waals surface area contributed by atoms with E-state index in [2.05, 4.69) is 4.72 Å². The highest BCUT2D eigenvalue weighted by atomic mass is 32.2. The maximum atomic E-state index is 12.0. The lowest BCUT2D eigenvalue weighted by Gasteiger charge is -2.22. The summed E-state index contributed by atoms with van der Waals surface area (Å²) in [5.74, 6) is 0. The van der Waals surface area contributed by atoms with Crippen LogP contribution in [0.3, 0.4) is 0 Å². The first-order valence-corrected chi connectivity index (χ1v) is 6.86. The van der Waals surface area contributed by atoms with Crippen LogP contribution in [0.25, 0.3) is 0 Å². The second kappa shape index (κ2) is 4.55. The zero-order chi connectivity index (χ0) is 12.4. The fourth-order valence-electron chi connectivity index (χ4n) is 1.59. The Bertz CT molecular complexity index is 458. The number of sulfonamides is 1. The van der Waals surface area contributed by atoms with Crippen LogP contribution in [0.1, 0.15) is 33.3 Å². The topological polar surface area (TPSA) is 46.2 Å². The average Bonchev–Trinajstić information content (AvgIpc) is 2.16. The number of nitrogens with one attached hydrogen (secondary N) is 1. The highest BCUT2D eigenvalue weighted by Gasteiger charge is 2.24. The van der Waals surface area contributed by atoms with Gasteiger partial charge in [-0.1, -0.05) is 45.9 Å². The summed E-state index contributed by atoms with van der Waals surface area (Å²) >= 11 is 0. The van der Waals surface area contributed by atoms with Crippen molar-refractivity contribution in [1.29, 1.82) is 0 Å². The molecular formula is C12H19NO2S. The van der Waals surface area contributed by atoms with E-state index in [1.165, 1.54) is 0 Å². The van der Waals surface area contributed by atoms with E-state index in [1.807, 2.05) is 32.9 Å². The lowest BCUT2D eigenvalue weighted by molar-refractivity contribution is 0.556. The minimum Gasteiger partial charge on any atom is -0.211 e. The van der Waals surface area contributed by atoms with Crippen LogP contribution in [0.4, 0.5) is 0 Å². The lowest BCUT2D eigenvalue weighted by atomic mass is 9.87. The molecule has 0 saturated carbocycles. The monoisotopic (exact) mass is 241 g/mol. The van der Waals surface area contributed by atoms with E-state index in [0.717, 1.165) is 5.56 Å². The van der Waals surface area contributed by atoms with Crippen LogP contribution >= 0.6 is 0 Å². The molecule has 0 aromatic heterocycles. The minimum absolute atomic E-state index is 0.181. The third-order valence-electron chi connectivity index (χ3n) is 2.32. The van der Waals surface area contributed by atoms with Crippen molar-refractivity contribution >= 4 is 10.0 Å². The van der Waals surface area contributed by atoms with Crippen LogP contribution in [-0.4, -0.2) is 15.0 Å². The van der Waals surface area contributed by atoms with E-state index < -0.39 is 10.0 Å². The Labute approximate surface area is 97.9 Å². The van der Waals surface area contributed by atoms with Gasteiger partial charge in [-0.3, -0.25) is 0 Å². The van der Waals surface area contributed by atoms with E-state index in [0.29, 0.717) is 11.4 Å². The number of hydrogen-bond donors (Lipinski definition) is 1. The smallest absolute Gasteiger partial charge is 0.211 e. The maximum Gasteiger partial charge on any atom is 0.240 e. The second-order valence-corrected chi connectivity index (χ2v) is 6.48. The van der Waals surface area contributed by atoms with Crippen molar-refractivity contribution in [3.8, 4) is 0 Å². The van der Waals surface area contributed by atoms with Crippen molar-refractivity contribution in [3.63, 3.8) is 0 Å². The molecule has 0 spiro atoms. The van der Waals surface area contributed by atoms with Gasteiger partial charge in [0.1, 0.15) is 0 Å². The van der Waals surface area contributed by atoms with Gasteiger partial charge in [-0.15, -0.1) is 0 Å². The summed E-state index contributed by atoms with van der Waals surface area (Å²) in [5.41, 5.74) is 0.662. The Kier molecular flexibility index (Phi) is 3.76. The average molecular weight is 241 g/mol. The molecule has 0 amide bonds. The molecule has 0 fully saturated rings. The molecule has 0 aliphatic rings. The Morgan fingerprint density at radius 3 is 2.25 bits per heavy atom. The molecule has 90 valence electrons. The van der Waals surface area contributed by atoms with Gasteiger partial charge in [-0.25, -0.2) is 13.1 Å². The standard InChI is InChI=1S/C12H19NO2S/c1-5-13-16(14,15)11-9-7-6-8-10(11)12(2,3)4/h6-9,13H,5H2,1-4H3. The highest BCUT2D eigenvalue weighted by molar-refractivity contribution is 7.89. The van der Waals surface area contributed by atoms with Gasteiger partial charge in [0.15, 0.2) is 0 Å². The molecule has 1 rings (SSSR count). The molecule has 0 aliphatic carbocycles. The fourth-order valence-corrected chi connectivity index (χ4v) is 3.05. The summed E-state index contributed by atoms with van der Waals surface area (Å²) in [6.45, 7) is 8.20. The number of benzene rings is 1. The molecule has 0 unspecified atom stereocenters. The SMILES string of the molecule is CCNS(=O)(=O)c1ccccc1C(C)(C)C. The number of hydrogen-bond acceptors (Lipinski definition) is 2. The Hall–Kier alpha value is -0.870. The minimum atomic E-state index is -3.37. The van der Waals surface area contributed by atoms with E-state index in [9.17, 15) is 8.42 Å². The summed E-state index contributed by atoms with van der Waals surface area (Å²) < 4.78 is 26.5. The van der Waals surface area contributed by atoms with E-state index in [-0.39, 0.29) is 5.41 Å². The molecular weight excluding hydrogens is 222 g/mol. The van der Waals surface area contributed by atoms with Gasteiger partial charge in [0, 0.05) is 6.54 Å². The van der Waals surface area contributed by atoms with Crippen molar-refractivity contribution in [2.45, 2.75) is 38.0 Å². The van der Waals surface area contributed by atoms with Gasteiger partial charge < -0.3 is 0 Å². The van der Waals surface area contributed by atoms with Gasteiger partial charge in [-0.05, 0) is 17.0 Å². The molecule has 0 saturated heterocycles. The summed E-state index contributed by atoms with van der Waals surface area (Å²) in [6.07, 6.45) is 0. The van der Waals surface area contributed by atoms with Crippen molar-refractivity contribution in [2.75, 3.05) is 6.54 Å². The van der Waals surface area contributed by atoms with Crippen molar-refractivity contribution in [2.24, 2.45) is 0 Å². The molecule has 0 radical (unpaired) electrons. The summed E-state index contributed by atoms with van der Waals surface area (Å²) in [7, 11) is -3.37. The van der Waals surface area contributed by atoms with Crippen LogP contribution in [0, 0.1) is 0 Å². The predicted octanol–water partition coefficient (Wildman–Crippen LogP) is 2.28. The molecule has 1 N–H and O–H groups in total. The zero-order valence-electron chi connectivity index (χ0n) is 10.2. The maximum absolute atomic E-state index is 12.0. The summed E-state index contributed by atoms with van der Waals surface area (Å²) in [5, 5.41) is 0. The third-order valence-corrected chi connectivity index (χ3v) is 3.92. The quantitative estimate of drug-likeness (QED) is 0.882. The van der Waals surface area contributed by atoms with E-state index in [4.69, 9.17) is 0 Å².